The van der Waals surface area contributed by atoms with E-state index in [2.05, 4.69) is 60.1 Å². The van der Waals surface area contributed by atoms with Gasteiger partial charge in [-0.05, 0) is 12.1 Å². The summed E-state index contributed by atoms with van der Waals surface area (Å²) in [6, 6.07) is 17.0. The summed E-state index contributed by atoms with van der Waals surface area (Å²) in [6.45, 7) is 0. The van der Waals surface area contributed by atoms with Crippen LogP contribution in [0.1, 0.15) is 0 Å². The topological polar surface area (TPSA) is 68.3 Å². The molecule has 1 N–H and O–H groups in total. The highest BCUT2D eigenvalue weighted by Gasteiger charge is 2.04. The lowest BCUT2D eigenvalue weighted by atomic mass is 10.2. The number of benzene rings is 2. The monoisotopic (exact) mass is 244 g/mol. The molecule has 0 bridgehead atoms. The van der Waals surface area contributed by atoms with Crippen LogP contribution in [0.4, 0.5) is 0 Å². The maximum atomic E-state index is 8.36. The van der Waals surface area contributed by atoms with Crippen molar-refractivity contribution in [3.63, 3.8) is 0 Å². The lowest BCUT2D eigenvalue weighted by molar-refractivity contribution is -0.742. The van der Waals surface area contributed by atoms with Crippen molar-refractivity contribution in [2.45, 2.75) is 0 Å². The van der Waals surface area contributed by atoms with Crippen LogP contribution in [0.3, 0.4) is 0 Å². The highest BCUT2D eigenvalue weighted by atomic mass is 16.9. The molecule has 2 aromatic carbocycles. The summed E-state index contributed by atoms with van der Waals surface area (Å²) >= 11 is 0. The van der Waals surface area contributed by atoms with Gasteiger partial charge in [0.1, 0.15) is 0 Å². The van der Waals surface area contributed by atoms with Crippen molar-refractivity contribution in [2.75, 3.05) is 0 Å². The normalized spacial score (nSPS) is 10.1. The Morgan fingerprint density at radius 1 is 1.00 bits per heavy atom. The first-order chi connectivity index (χ1) is 8.61. The van der Waals surface area contributed by atoms with Gasteiger partial charge in [-0.25, -0.2) is 0 Å². The molecule has 0 radical (unpaired) electrons. The molecule has 0 aliphatic heterocycles. The SMILES string of the molecule is Cn1c2ccccc2c2ccccc21.O=[N+]([O-])O. The summed E-state index contributed by atoms with van der Waals surface area (Å²) in [6.07, 6.45) is 0. The zero-order valence-corrected chi connectivity index (χ0v) is 9.78. The van der Waals surface area contributed by atoms with Crippen molar-refractivity contribution in [1.82, 2.24) is 4.57 Å². The van der Waals surface area contributed by atoms with E-state index in [4.69, 9.17) is 15.3 Å². The molecule has 3 aromatic rings. The average molecular weight is 244 g/mol. The van der Waals surface area contributed by atoms with E-state index in [-0.39, 0.29) is 0 Å². The summed E-state index contributed by atoms with van der Waals surface area (Å²) < 4.78 is 2.24. The summed E-state index contributed by atoms with van der Waals surface area (Å²) in [5.41, 5.74) is 2.60. The van der Waals surface area contributed by atoms with Gasteiger partial charge in [-0.15, -0.1) is 10.1 Å². The molecule has 0 amide bonds. The first-order valence-corrected chi connectivity index (χ1v) is 5.36. The van der Waals surface area contributed by atoms with Gasteiger partial charge in [-0.1, -0.05) is 36.4 Å². The van der Waals surface area contributed by atoms with E-state index in [1.54, 1.807) is 0 Å². The van der Waals surface area contributed by atoms with Crippen LogP contribution in [0.2, 0.25) is 0 Å². The Hall–Kier alpha value is -2.56. The van der Waals surface area contributed by atoms with Crippen LogP contribution in [0, 0.1) is 10.1 Å². The molecule has 18 heavy (non-hydrogen) atoms. The third-order valence-electron chi connectivity index (χ3n) is 2.82. The number of aryl methyl sites for hydroxylation is 1. The molecule has 1 heterocycles. The Morgan fingerprint density at radius 2 is 1.33 bits per heavy atom. The van der Waals surface area contributed by atoms with Crippen molar-refractivity contribution in [2.24, 2.45) is 7.05 Å². The average Bonchev–Trinajstić information content (AvgIpc) is 2.64. The molecule has 0 aliphatic carbocycles. The molecule has 0 saturated heterocycles. The second-order valence-corrected chi connectivity index (χ2v) is 3.83. The van der Waals surface area contributed by atoms with Gasteiger partial charge in [0.15, 0.2) is 0 Å². The van der Waals surface area contributed by atoms with E-state index < -0.39 is 5.09 Å². The third kappa shape index (κ3) is 2.10. The zero-order valence-electron chi connectivity index (χ0n) is 9.78. The predicted octanol–water partition coefficient (Wildman–Crippen LogP) is 2.98. The standard InChI is InChI=1S/C13H11N.HNO3/c1-14-12-8-4-2-6-10(12)11-7-3-5-9-13(11)14;2-1(3)4/h2-9H,1H3;(H,2,3,4). The number of hydrogen-bond acceptors (Lipinski definition) is 2. The van der Waals surface area contributed by atoms with Gasteiger partial charge >= 0.3 is 0 Å². The van der Waals surface area contributed by atoms with E-state index in [9.17, 15) is 0 Å². The molecule has 92 valence electrons. The minimum Gasteiger partial charge on any atom is -0.344 e. The van der Waals surface area contributed by atoms with Gasteiger partial charge in [-0.3, -0.25) is 0 Å². The molecular formula is C13H12N2O3. The Morgan fingerprint density at radius 3 is 1.72 bits per heavy atom. The van der Waals surface area contributed by atoms with Crippen LogP contribution >= 0.6 is 0 Å². The summed E-state index contributed by atoms with van der Waals surface area (Å²) in [4.78, 5) is 8.36. The lowest BCUT2D eigenvalue weighted by Gasteiger charge is -1.95. The molecule has 0 unspecified atom stereocenters. The van der Waals surface area contributed by atoms with Crippen molar-refractivity contribution in [3.8, 4) is 0 Å². The number of fused-ring (bicyclic) bond motifs is 3. The lowest BCUT2D eigenvalue weighted by Crippen LogP contribution is -1.84. The number of para-hydroxylation sites is 2. The fraction of sp³-hybridized carbons (Fsp3) is 0.0769. The highest BCUT2D eigenvalue weighted by Crippen LogP contribution is 2.26. The predicted molar refractivity (Wildman–Crippen MR) is 69.2 cm³/mol. The molecular weight excluding hydrogens is 232 g/mol. The maximum absolute atomic E-state index is 8.36. The maximum Gasteiger partial charge on any atom is 0.291 e. The highest BCUT2D eigenvalue weighted by molar-refractivity contribution is 6.07. The van der Waals surface area contributed by atoms with Crippen molar-refractivity contribution in [3.05, 3.63) is 58.6 Å². The smallest absolute Gasteiger partial charge is 0.291 e. The Kier molecular flexibility index (Phi) is 3.14. The van der Waals surface area contributed by atoms with Gasteiger partial charge in [0.2, 0.25) is 0 Å². The molecule has 5 heteroatoms. The van der Waals surface area contributed by atoms with Crippen LogP contribution in [-0.4, -0.2) is 14.9 Å². The second kappa shape index (κ2) is 4.75. The van der Waals surface area contributed by atoms with Crippen LogP contribution < -0.4 is 0 Å². The van der Waals surface area contributed by atoms with E-state index in [0.717, 1.165) is 0 Å². The molecule has 0 atom stereocenters. The fourth-order valence-corrected chi connectivity index (χ4v) is 2.12. The summed E-state index contributed by atoms with van der Waals surface area (Å²) in [7, 11) is 2.12. The Labute approximate surface area is 103 Å². The van der Waals surface area contributed by atoms with Crippen LogP contribution in [0.25, 0.3) is 21.8 Å². The van der Waals surface area contributed by atoms with Crippen LogP contribution in [-0.2, 0) is 7.05 Å². The first-order valence-electron chi connectivity index (χ1n) is 5.36. The number of rotatable bonds is 0. The number of aromatic nitrogens is 1. The quantitative estimate of drug-likeness (QED) is 0.488. The van der Waals surface area contributed by atoms with Gasteiger partial charge < -0.3 is 9.77 Å². The van der Waals surface area contributed by atoms with E-state index in [1.165, 1.54) is 21.8 Å². The Bertz CT molecular complexity index is 646. The minimum atomic E-state index is -1.50. The van der Waals surface area contributed by atoms with Crippen molar-refractivity contribution in [1.29, 1.82) is 0 Å². The molecule has 3 rings (SSSR count). The molecule has 0 aliphatic rings. The van der Waals surface area contributed by atoms with E-state index in [1.807, 2.05) is 0 Å². The third-order valence-corrected chi connectivity index (χ3v) is 2.82. The largest absolute Gasteiger partial charge is 0.344 e. The summed E-state index contributed by atoms with van der Waals surface area (Å²) in [5, 5.41) is 16.3. The Balaban J connectivity index is 0.000000267. The van der Waals surface area contributed by atoms with E-state index >= 15 is 0 Å². The van der Waals surface area contributed by atoms with Gasteiger partial charge in [-0.2, -0.15) is 0 Å². The molecule has 0 fully saturated rings. The molecule has 0 spiro atoms. The minimum absolute atomic E-state index is 1.30. The summed E-state index contributed by atoms with van der Waals surface area (Å²) in [5.74, 6) is 0. The number of nitrogens with zero attached hydrogens (tertiary/aromatic N) is 2. The van der Waals surface area contributed by atoms with Gasteiger partial charge in [0.25, 0.3) is 5.09 Å². The first kappa shape index (κ1) is 11.9. The fourth-order valence-electron chi connectivity index (χ4n) is 2.12. The van der Waals surface area contributed by atoms with Crippen molar-refractivity contribution < 1.29 is 10.3 Å². The van der Waals surface area contributed by atoms with Crippen molar-refractivity contribution >= 4 is 21.8 Å². The van der Waals surface area contributed by atoms with Crippen LogP contribution in [0.15, 0.2) is 48.5 Å². The van der Waals surface area contributed by atoms with Crippen LogP contribution in [0.5, 0.6) is 0 Å². The van der Waals surface area contributed by atoms with Gasteiger partial charge in [0, 0.05) is 28.9 Å². The van der Waals surface area contributed by atoms with E-state index in [0.29, 0.717) is 0 Å². The molecule has 5 nitrogen and oxygen atoms in total. The molecule has 0 saturated carbocycles. The zero-order chi connectivity index (χ0) is 13.1. The number of hydrogen-bond donors (Lipinski definition) is 1. The molecule has 1 aromatic heterocycles. The van der Waals surface area contributed by atoms with Gasteiger partial charge in [0.05, 0.1) is 0 Å². The second-order valence-electron chi connectivity index (χ2n) is 3.83.